The molecule has 1 aromatic carbocycles. The number of nitrogens with zero attached hydrogens (tertiary/aromatic N) is 2. The van der Waals surface area contributed by atoms with Crippen molar-refractivity contribution in [3.63, 3.8) is 0 Å². The first kappa shape index (κ1) is 15.3. The van der Waals surface area contributed by atoms with E-state index in [9.17, 15) is 0 Å². The molecule has 0 radical (unpaired) electrons. The number of hydrazone groups is 2. The Morgan fingerprint density at radius 3 is 2.67 bits per heavy atom. The molecule has 0 unspecified atom stereocenters. The molecule has 6 nitrogen and oxygen atoms in total. The number of nitrogens with one attached hydrogen (secondary N) is 3. The highest BCUT2D eigenvalue weighted by atomic mass is 15.5. The van der Waals surface area contributed by atoms with E-state index in [0.717, 1.165) is 18.0 Å². The van der Waals surface area contributed by atoms with Crippen molar-refractivity contribution in [1.82, 2.24) is 16.3 Å². The average molecular weight is 288 g/mol. The molecule has 2 rings (SSSR count). The fourth-order valence-electron chi connectivity index (χ4n) is 2.47. The zero-order valence-electron chi connectivity index (χ0n) is 12.3. The first-order valence-corrected chi connectivity index (χ1v) is 7.49. The Morgan fingerprint density at radius 2 is 1.95 bits per heavy atom. The van der Waals surface area contributed by atoms with Crippen LogP contribution in [0.3, 0.4) is 0 Å². The molecule has 0 aliphatic heterocycles. The van der Waals surface area contributed by atoms with Crippen LogP contribution >= 0.6 is 0 Å². The van der Waals surface area contributed by atoms with Gasteiger partial charge in [-0.05, 0) is 24.3 Å². The zero-order valence-corrected chi connectivity index (χ0v) is 12.3. The third-order valence-corrected chi connectivity index (χ3v) is 3.64. The molecule has 1 aromatic rings. The molecule has 0 saturated heterocycles. The second-order valence-electron chi connectivity index (χ2n) is 5.27. The van der Waals surface area contributed by atoms with Crippen molar-refractivity contribution in [2.24, 2.45) is 22.0 Å². The third kappa shape index (κ3) is 5.83. The molecule has 0 bridgehead atoms. The molecule has 1 saturated carbocycles. The van der Waals surface area contributed by atoms with Gasteiger partial charge in [0.25, 0.3) is 0 Å². The molecular weight excluding hydrogens is 264 g/mol. The van der Waals surface area contributed by atoms with Crippen LogP contribution in [0.4, 0.5) is 0 Å². The van der Waals surface area contributed by atoms with Crippen molar-refractivity contribution in [2.45, 2.75) is 32.1 Å². The normalized spacial score (nSPS) is 17.0. The van der Waals surface area contributed by atoms with Gasteiger partial charge in [-0.2, -0.15) is 5.10 Å². The van der Waals surface area contributed by atoms with E-state index in [0.29, 0.717) is 5.96 Å². The highest BCUT2D eigenvalue weighted by molar-refractivity contribution is 5.83. The van der Waals surface area contributed by atoms with Crippen LogP contribution in [0.2, 0.25) is 0 Å². The minimum atomic E-state index is 0.401. The molecule has 0 atom stereocenters. The molecule has 1 aliphatic carbocycles. The summed E-state index contributed by atoms with van der Waals surface area (Å²) in [7, 11) is 0. The Morgan fingerprint density at radius 1 is 1.19 bits per heavy atom. The van der Waals surface area contributed by atoms with Crippen LogP contribution in [0.25, 0.3) is 0 Å². The standard InChI is InChI=1S/C15H24N6/c16-19-15(20-17-11-13-7-3-1-4-8-13)21-18-12-14-9-5-2-6-10-14/h1,3-4,7-8,11,14,18H,2,5-6,9-10,12,16H2,(H2,19,20,21)/b17-11-. The number of hydrogen-bond donors (Lipinski definition) is 4. The van der Waals surface area contributed by atoms with Gasteiger partial charge >= 0.3 is 0 Å². The van der Waals surface area contributed by atoms with E-state index in [1.165, 1.54) is 32.1 Å². The zero-order chi connectivity index (χ0) is 14.8. The Labute approximate surface area is 125 Å². The van der Waals surface area contributed by atoms with Crippen LogP contribution in [-0.4, -0.2) is 18.7 Å². The second kappa shape index (κ2) is 8.97. The number of rotatable bonds is 5. The van der Waals surface area contributed by atoms with Gasteiger partial charge < -0.3 is 5.84 Å². The van der Waals surface area contributed by atoms with Crippen LogP contribution in [0.15, 0.2) is 40.5 Å². The van der Waals surface area contributed by atoms with Gasteiger partial charge in [-0.3, -0.25) is 5.43 Å². The summed E-state index contributed by atoms with van der Waals surface area (Å²) in [6.45, 7) is 0.920. The van der Waals surface area contributed by atoms with E-state index >= 15 is 0 Å². The molecule has 1 aliphatic rings. The lowest BCUT2D eigenvalue weighted by molar-refractivity contribution is 0.336. The van der Waals surface area contributed by atoms with E-state index in [2.05, 4.69) is 26.5 Å². The van der Waals surface area contributed by atoms with Crippen molar-refractivity contribution in [2.75, 3.05) is 6.54 Å². The monoisotopic (exact) mass is 288 g/mol. The quantitative estimate of drug-likeness (QED) is 0.286. The highest BCUT2D eigenvalue weighted by Crippen LogP contribution is 2.22. The van der Waals surface area contributed by atoms with E-state index in [1.54, 1.807) is 6.21 Å². The van der Waals surface area contributed by atoms with Crippen LogP contribution in [-0.2, 0) is 0 Å². The summed E-state index contributed by atoms with van der Waals surface area (Å²) in [5, 5.41) is 7.71. The molecule has 21 heavy (non-hydrogen) atoms. The fraction of sp³-hybridized carbons (Fsp3) is 0.467. The largest absolute Gasteiger partial charge is 0.320 e. The van der Waals surface area contributed by atoms with Crippen molar-refractivity contribution in [3.05, 3.63) is 35.9 Å². The average Bonchev–Trinajstić information content (AvgIpc) is 2.55. The smallest absolute Gasteiger partial charge is 0.248 e. The van der Waals surface area contributed by atoms with Gasteiger partial charge in [-0.1, -0.05) is 49.6 Å². The van der Waals surface area contributed by atoms with Crippen molar-refractivity contribution >= 4 is 12.2 Å². The maximum absolute atomic E-state index is 5.32. The van der Waals surface area contributed by atoms with Crippen LogP contribution in [0.5, 0.6) is 0 Å². The predicted molar refractivity (Wildman–Crippen MR) is 86.5 cm³/mol. The van der Waals surface area contributed by atoms with Crippen molar-refractivity contribution < 1.29 is 0 Å². The maximum Gasteiger partial charge on any atom is 0.248 e. The minimum Gasteiger partial charge on any atom is -0.320 e. The fourth-order valence-corrected chi connectivity index (χ4v) is 2.47. The van der Waals surface area contributed by atoms with Crippen LogP contribution < -0.4 is 22.1 Å². The molecule has 0 heterocycles. The number of hydrazine groups is 1. The van der Waals surface area contributed by atoms with E-state index in [-0.39, 0.29) is 0 Å². The number of hydrogen-bond acceptors (Lipinski definition) is 4. The first-order valence-electron chi connectivity index (χ1n) is 7.49. The highest BCUT2D eigenvalue weighted by Gasteiger charge is 2.12. The number of guanidine groups is 1. The summed E-state index contributed by atoms with van der Waals surface area (Å²) < 4.78 is 0. The van der Waals surface area contributed by atoms with Crippen LogP contribution in [0, 0.1) is 5.92 Å². The molecule has 1 fully saturated rings. The minimum absolute atomic E-state index is 0.401. The maximum atomic E-state index is 5.32. The summed E-state index contributed by atoms with van der Waals surface area (Å²) in [6.07, 6.45) is 8.35. The van der Waals surface area contributed by atoms with Crippen molar-refractivity contribution in [3.8, 4) is 0 Å². The number of nitrogens with two attached hydrogens (primary N) is 1. The SMILES string of the molecule is NN=C(N/N=C\c1ccccc1)NNCC1CCCCC1. The van der Waals surface area contributed by atoms with Gasteiger partial charge in [0, 0.05) is 6.54 Å². The first-order chi connectivity index (χ1) is 10.4. The van der Waals surface area contributed by atoms with E-state index in [1.807, 2.05) is 30.3 Å². The van der Waals surface area contributed by atoms with E-state index < -0.39 is 0 Å². The second-order valence-corrected chi connectivity index (χ2v) is 5.27. The Balaban J connectivity index is 1.67. The van der Waals surface area contributed by atoms with Gasteiger partial charge in [0.05, 0.1) is 6.21 Å². The van der Waals surface area contributed by atoms with Gasteiger partial charge in [-0.25, -0.2) is 10.9 Å². The summed E-state index contributed by atoms with van der Waals surface area (Å²) in [6, 6.07) is 9.83. The third-order valence-electron chi connectivity index (χ3n) is 3.64. The van der Waals surface area contributed by atoms with Gasteiger partial charge in [0.15, 0.2) is 0 Å². The van der Waals surface area contributed by atoms with Crippen LogP contribution in [0.1, 0.15) is 37.7 Å². The van der Waals surface area contributed by atoms with Gasteiger partial charge in [0.2, 0.25) is 5.96 Å². The topological polar surface area (TPSA) is 86.8 Å². The molecule has 0 aromatic heterocycles. The Hall–Kier alpha value is -2.08. The summed E-state index contributed by atoms with van der Waals surface area (Å²) in [5.74, 6) is 6.46. The molecule has 0 spiro atoms. The van der Waals surface area contributed by atoms with Gasteiger partial charge in [-0.15, -0.1) is 5.10 Å². The van der Waals surface area contributed by atoms with Crippen molar-refractivity contribution in [1.29, 1.82) is 0 Å². The summed E-state index contributed by atoms with van der Waals surface area (Å²) >= 11 is 0. The predicted octanol–water partition coefficient (Wildman–Crippen LogP) is 1.51. The molecular formula is C15H24N6. The van der Waals surface area contributed by atoms with Gasteiger partial charge in [0.1, 0.15) is 0 Å². The molecule has 5 N–H and O–H groups in total. The summed E-state index contributed by atoms with van der Waals surface area (Å²) in [4.78, 5) is 0. The molecule has 114 valence electrons. The Bertz CT molecular complexity index is 450. The lowest BCUT2D eigenvalue weighted by Gasteiger charge is -2.22. The lowest BCUT2D eigenvalue weighted by atomic mass is 9.89. The molecule has 6 heteroatoms. The lowest BCUT2D eigenvalue weighted by Crippen LogP contribution is -2.46. The van der Waals surface area contributed by atoms with E-state index in [4.69, 9.17) is 5.84 Å². The molecule has 0 amide bonds. The Kier molecular flexibility index (Phi) is 6.54. The summed E-state index contributed by atoms with van der Waals surface area (Å²) in [5.41, 5.74) is 9.90. The number of benzene rings is 1.